The number of ether oxygens (including phenoxy) is 2. The lowest BCUT2D eigenvalue weighted by molar-refractivity contribution is -0.384. The van der Waals surface area contributed by atoms with Gasteiger partial charge in [0.1, 0.15) is 23.0 Å². The number of likely N-dealkylation sites (N-methyl/N-ethyl adjacent to an activating group) is 1. The molecule has 156 valence electrons. The average molecular weight is 410 g/mol. The average Bonchev–Trinajstić information content (AvgIpc) is 3.16. The molecule has 0 aliphatic carbocycles. The van der Waals surface area contributed by atoms with Crippen LogP contribution in [-0.4, -0.2) is 36.5 Å². The predicted molar refractivity (Wildman–Crippen MR) is 110 cm³/mol. The maximum Gasteiger partial charge on any atom is 0.270 e. The van der Waals surface area contributed by atoms with Gasteiger partial charge in [-0.3, -0.25) is 14.9 Å². The summed E-state index contributed by atoms with van der Waals surface area (Å²) in [5, 5.41) is 11.2. The molecule has 0 atom stereocenters. The quantitative estimate of drug-likeness (QED) is 0.408. The molecule has 0 fully saturated rings. The van der Waals surface area contributed by atoms with Gasteiger partial charge in [0.25, 0.3) is 11.6 Å². The van der Waals surface area contributed by atoms with Crippen molar-refractivity contribution in [3.8, 4) is 22.6 Å². The highest BCUT2D eigenvalue weighted by atomic mass is 16.6. The van der Waals surface area contributed by atoms with Gasteiger partial charge in [0.05, 0.1) is 18.6 Å². The van der Waals surface area contributed by atoms with Gasteiger partial charge < -0.3 is 18.8 Å². The molecule has 0 N–H and O–H groups in total. The van der Waals surface area contributed by atoms with E-state index in [4.69, 9.17) is 13.9 Å². The number of rotatable bonds is 8. The van der Waals surface area contributed by atoms with Crippen LogP contribution in [0, 0.1) is 17.0 Å². The van der Waals surface area contributed by atoms with E-state index in [0.29, 0.717) is 34.9 Å². The first-order chi connectivity index (χ1) is 14.4. The minimum atomic E-state index is -0.471. The number of hydrogen-bond acceptors (Lipinski definition) is 6. The van der Waals surface area contributed by atoms with Gasteiger partial charge in [-0.15, -0.1) is 0 Å². The Morgan fingerprint density at radius 3 is 2.47 bits per heavy atom. The van der Waals surface area contributed by atoms with Crippen LogP contribution >= 0.6 is 0 Å². The van der Waals surface area contributed by atoms with Crippen molar-refractivity contribution >= 4 is 11.6 Å². The van der Waals surface area contributed by atoms with E-state index in [1.807, 2.05) is 19.1 Å². The summed E-state index contributed by atoms with van der Waals surface area (Å²) in [6, 6.07) is 15.0. The number of carbonyl (C=O) groups is 1. The number of carbonyl (C=O) groups excluding carboxylic acids is 1. The smallest absolute Gasteiger partial charge is 0.270 e. The van der Waals surface area contributed by atoms with Crippen LogP contribution in [0.15, 0.2) is 59.0 Å². The molecule has 3 rings (SSSR count). The Balaban J connectivity index is 1.77. The summed E-state index contributed by atoms with van der Waals surface area (Å²) in [5.74, 6) is 2.25. The van der Waals surface area contributed by atoms with Gasteiger partial charge in [-0.2, -0.15) is 0 Å². The van der Waals surface area contributed by atoms with Crippen molar-refractivity contribution in [2.45, 2.75) is 13.5 Å². The second kappa shape index (κ2) is 9.13. The summed E-state index contributed by atoms with van der Waals surface area (Å²) in [4.78, 5) is 24.7. The molecule has 0 saturated carbocycles. The van der Waals surface area contributed by atoms with E-state index in [-0.39, 0.29) is 18.2 Å². The minimum Gasteiger partial charge on any atom is -0.497 e. The van der Waals surface area contributed by atoms with Crippen molar-refractivity contribution in [1.82, 2.24) is 4.90 Å². The zero-order chi connectivity index (χ0) is 21.7. The number of amides is 1. The first-order valence-electron chi connectivity index (χ1n) is 9.22. The van der Waals surface area contributed by atoms with E-state index in [9.17, 15) is 14.9 Å². The Labute approximate surface area is 173 Å². The van der Waals surface area contributed by atoms with Gasteiger partial charge in [0.2, 0.25) is 0 Å². The summed E-state index contributed by atoms with van der Waals surface area (Å²) in [7, 11) is 3.22. The summed E-state index contributed by atoms with van der Waals surface area (Å²) in [6.45, 7) is 1.95. The standard InChI is InChI=1S/C22H22N2O6/c1-15-4-8-19(30-15)13-23(2)22(25)14-29-21-11-7-17(24(26)27)12-20(21)16-5-9-18(28-3)10-6-16/h4-12H,13-14H2,1-3H3. The Bertz CT molecular complexity index is 1040. The highest BCUT2D eigenvalue weighted by Crippen LogP contribution is 2.34. The van der Waals surface area contributed by atoms with Gasteiger partial charge in [0, 0.05) is 24.7 Å². The van der Waals surface area contributed by atoms with Gasteiger partial charge in [-0.1, -0.05) is 12.1 Å². The number of furan rings is 1. The molecule has 8 heteroatoms. The SMILES string of the molecule is COc1ccc(-c2cc([N+](=O)[O-])ccc2OCC(=O)N(C)Cc2ccc(C)o2)cc1. The van der Waals surface area contributed by atoms with E-state index in [1.54, 1.807) is 38.4 Å². The molecule has 0 radical (unpaired) electrons. The Morgan fingerprint density at radius 2 is 1.87 bits per heavy atom. The van der Waals surface area contributed by atoms with Crippen molar-refractivity contribution in [1.29, 1.82) is 0 Å². The van der Waals surface area contributed by atoms with E-state index in [0.717, 1.165) is 5.76 Å². The summed E-state index contributed by atoms with van der Waals surface area (Å²) in [6.07, 6.45) is 0. The highest BCUT2D eigenvalue weighted by molar-refractivity contribution is 5.78. The van der Waals surface area contributed by atoms with Crippen LogP contribution in [0.4, 0.5) is 5.69 Å². The number of nitro groups is 1. The van der Waals surface area contributed by atoms with Crippen molar-refractivity contribution < 1.29 is 23.6 Å². The number of methoxy groups -OCH3 is 1. The highest BCUT2D eigenvalue weighted by Gasteiger charge is 2.17. The van der Waals surface area contributed by atoms with Crippen LogP contribution in [-0.2, 0) is 11.3 Å². The topological polar surface area (TPSA) is 95.1 Å². The zero-order valence-electron chi connectivity index (χ0n) is 17.0. The third kappa shape index (κ3) is 4.96. The molecule has 8 nitrogen and oxygen atoms in total. The van der Waals surface area contributed by atoms with E-state index < -0.39 is 4.92 Å². The molecule has 0 saturated heterocycles. The third-order valence-electron chi connectivity index (χ3n) is 4.54. The molecular formula is C22H22N2O6. The lowest BCUT2D eigenvalue weighted by atomic mass is 10.0. The maximum atomic E-state index is 12.5. The normalized spacial score (nSPS) is 10.5. The van der Waals surface area contributed by atoms with E-state index >= 15 is 0 Å². The molecule has 1 amide bonds. The largest absolute Gasteiger partial charge is 0.497 e. The molecule has 2 aromatic carbocycles. The predicted octanol–water partition coefficient (Wildman–Crippen LogP) is 4.21. The van der Waals surface area contributed by atoms with Crippen molar-refractivity contribution in [3.05, 3.63) is 76.2 Å². The van der Waals surface area contributed by atoms with Crippen LogP contribution in [0.1, 0.15) is 11.5 Å². The molecule has 0 spiro atoms. The molecule has 1 heterocycles. The van der Waals surface area contributed by atoms with Gasteiger partial charge in [-0.25, -0.2) is 0 Å². The van der Waals surface area contributed by atoms with E-state index in [1.165, 1.54) is 23.1 Å². The molecule has 30 heavy (non-hydrogen) atoms. The Morgan fingerprint density at radius 1 is 1.13 bits per heavy atom. The van der Waals surface area contributed by atoms with Gasteiger partial charge >= 0.3 is 0 Å². The van der Waals surface area contributed by atoms with Crippen LogP contribution in [0.5, 0.6) is 11.5 Å². The number of aryl methyl sites for hydroxylation is 1. The minimum absolute atomic E-state index is 0.0650. The zero-order valence-corrected chi connectivity index (χ0v) is 17.0. The fraction of sp³-hybridized carbons (Fsp3) is 0.227. The Kier molecular flexibility index (Phi) is 6.36. The van der Waals surface area contributed by atoms with Crippen molar-refractivity contribution in [2.75, 3.05) is 20.8 Å². The van der Waals surface area contributed by atoms with E-state index in [2.05, 4.69) is 0 Å². The monoisotopic (exact) mass is 410 g/mol. The van der Waals surface area contributed by atoms with Crippen molar-refractivity contribution in [3.63, 3.8) is 0 Å². The lowest BCUT2D eigenvalue weighted by Gasteiger charge is -2.17. The first kappa shape index (κ1) is 20.9. The maximum absolute atomic E-state index is 12.5. The number of nitro benzene ring substituents is 1. The van der Waals surface area contributed by atoms with Gasteiger partial charge in [-0.05, 0) is 42.8 Å². The molecule has 0 aliphatic heterocycles. The molecule has 1 aromatic heterocycles. The fourth-order valence-electron chi connectivity index (χ4n) is 2.90. The summed E-state index contributed by atoms with van der Waals surface area (Å²) in [5.41, 5.74) is 1.16. The van der Waals surface area contributed by atoms with Crippen LogP contribution in [0.25, 0.3) is 11.1 Å². The molecule has 0 bridgehead atoms. The number of benzene rings is 2. The number of nitrogens with zero attached hydrogens (tertiary/aromatic N) is 2. The second-order valence-electron chi connectivity index (χ2n) is 6.72. The molecule has 0 aliphatic rings. The summed E-state index contributed by atoms with van der Waals surface area (Å²) < 4.78 is 16.4. The molecular weight excluding hydrogens is 388 g/mol. The fourth-order valence-corrected chi connectivity index (χ4v) is 2.90. The second-order valence-corrected chi connectivity index (χ2v) is 6.72. The third-order valence-corrected chi connectivity index (χ3v) is 4.54. The number of hydrogen-bond donors (Lipinski definition) is 0. The van der Waals surface area contributed by atoms with Gasteiger partial charge in [0.15, 0.2) is 6.61 Å². The van der Waals surface area contributed by atoms with Crippen LogP contribution < -0.4 is 9.47 Å². The molecule has 3 aromatic rings. The first-order valence-corrected chi connectivity index (χ1v) is 9.22. The lowest BCUT2D eigenvalue weighted by Crippen LogP contribution is -2.30. The van der Waals surface area contributed by atoms with Crippen LogP contribution in [0.2, 0.25) is 0 Å². The summed E-state index contributed by atoms with van der Waals surface area (Å²) >= 11 is 0. The van der Waals surface area contributed by atoms with Crippen LogP contribution in [0.3, 0.4) is 0 Å². The Hall–Kier alpha value is -3.81. The number of non-ortho nitro benzene ring substituents is 1. The molecule has 0 unspecified atom stereocenters. The van der Waals surface area contributed by atoms with Crippen molar-refractivity contribution in [2.24, 2.45) is 0 Å².